The number of hydrogen-bond donors (Lipinski definition) is 1. The SMILES string of the molecule is C[C@@H](NC(=O)CN(c1ccc(Oc2ccccc2)cc1)S(=O)(=O)c1ccccc1)c1ccc2c(c1)CCCC2. The number of rotatable bonds is 9. The average molecular weight is 541 g/mol. The van der Waals surface area contributed by atoms with E-state index in [1.165, 1.54) is 36.1 Å². The van der Waals surface area contributed by atoms with Crippen molar-refractivity contribution in [2.75, 3.05) is 10.8 Å². The number of hydrogen-bond acceptors (Lipinski definition) is 4. The van der Waals surface area contributed by atoms with Crippen molar-refractivity contribution in [1.82, 2.24) is 5.32 Å². The maximum Gasteiger partial charge on any atom is 0.264 e. The zero-order valence-electron chi connectivity index (χ0n) is 21.9. The molecule has 1 aliphatic carbocycles. The highest BCUT2D eigenvalue weighted by Gasteiger charge is 2.28. The van der Waals surface area contributed by atoms with Crippen molar-refractivity contribution in [3.8, 4) is 11.5 Å². The van der Waals surface area contributed by atoms with Gasteiger partial charge in [-0.05, 0) is 97.8 Å². The van der Waals surface area contributed by atoms with Crippen molar-refractivity contribution in [3.05, 3.63) is 120 Å². The maximum absolute atomic E-state index is 13.7. The highest BCUT2D eigenvalue weighted by Crippen LogP contribution is 2.29. The maximum atomic E-state index is 13.7. The molecule has 0 radical (unpaired) electrons. The quantitative estimate of drug-likeness (QED) is 0.265. The lowest BCUT2D eigenvalue weighted by Crippen LogP contribution is -2.41. The zero-order valence-corrected chi connectivity index (χ0v) is 22.7. The summed E-state index contributed by atoms with van der Waals surface area (Å²) in [5, 5.41) is 3.00. The van der Waals surface area contributed by atoms with Gasteiger partial charge in [-0.15, -0.1) is 0 Å². The van der Waals surface area contributed by atoms with Gasteiger partial charge in [-0.3, -0.25) is 9.10 Å². The molecule has 0 aromatic heterocycles. The van der Waals surface area contributed by atoms with Crippen LogP contribution in [0, 0.1) is 0 Å². The van der Waals surface area contributed by atoms with Crippen molar-refractivity contribution < 1.29 is 17.9 Å². The van der Waals surface area contributed by atoms with Crippen molar-refractivity contribution in [2.24, 2.45) is 0 Å². The van der Waals surface area contributed by atoms with Crippen molar-refractivity contribution in [2.45, 2.75) is 43.5 Å². The molecule has 4 aromatic carbocycles. The van der Waals surface area contributed by atoms with Gasteiger partial charge < -0.3 is 10.1 Å². The summed E-state index contributed by atoms with van der Waals surface area (Å²) in [4.78, 5) is 13.4. The number of amides is 1. The van der Waals surface area contributed by atoms with Gasteiger partial charge in [-0.1, -0.05) is 54.6 Å². The summed E-state index contributed by atoms with van der Waals surface area (Å²) < 4.78 is 34.4. The Morgan fingerprint density at radius 3 is 2.13 bits per heavy atom. The summed E-state index contributed by atoms with van der Waals surface area (Å²) >= 11 is 0. The minimum absolute atomic E-state index is 0.116. The number of sulfonamides is 1. The highest BCUT2D eigenvalue weighted by molar-refractivity contribution is 7.92. The van der Waals surface area contributed by atoms with E-state index in [-0.39, 0.29) is 23.4 Å². The van der Waals surface area contributed by atoms with Crippen LogP contribution in [0.5, 0.6) is 11.5 Å². The van der Waals surface area contributed by atoms with Crippen LogP contribution in [0.2, 0.25) is 0 Å². The molecule has 0 heterocycles. The number of fused-ring (bicyclic) bond motifs is 1. The van der Waals surface area contributed by atoms with Crippen LogP contribution in [-0.4, -0.2) is 20.9 Å². The second-order valence-corrected chi connectivity index (χ2v) is 11.6. The molecule has 0 spiro atoms. The van der Waals surface area contributed by atoms with Crippen molar-refractivity contribution in [1.29, 1.82) is 0 Å². The zero-order chi connectivity index (χ0) is 27.2. The molecule has 0 bridgehead atoms. The molecule has 1 aliphatic rings. The second-order valence-electron chi connectivity index (χ2n) is 9.76. The molecule has 5 rings (SSSR count). The number of carbonyl (C=O) groups is 1. The molecule has 7 heteroatoms. The Balaban J connectivity index is 1.36. The minimum atomic E-state index is -4.00. The highest BCUT2D eigenvalue weighted by atomic mass is 32.2. The fourth-order valence-corrected chi connectivity index (χ4v) is 6.31. The lowest BCUT2D eigenvalue weighted by Gasteiger charge is -2.25. The van der Waals surface area contributed by atoms with Gasteiger partial charge in [0.1, 0.15) is 18.0 Å². The number of aryl methyl sites for hydroxylation is 2. The fourth-order valence-electron chi connectivity index (χ4n) is 4.86. The van der Waals surface area contributed by atoms with Crippen LogP contribution in [0.1, 0.15) is 42.5 Å². The summed E-state index contributed by atoms with van der Waals surface area (Å²) in [6.45, 7) is 1.57. The molecule has 200 valence electrons. The average Bonchev–Trinajstić information content (AvgIpc) is 2.97. The predicted octanol–water partition coefficient (Wildman–Crippen LogP) is 6.43. The molecule has 0 unspecified atom stereocenters. The summed E-state index contributed by atoms with van der Waals surface area (Å²) in [5.74, 6) is 0.853. The lowest BCUT2D eigenvalue weighted by molar-refractivity contribution is -0.120. The molecule has 0 saturated carbocycles. The monoisotopic (exact) mass is 540 g/mol. The number of anilines is 1. The van der Waals surface area contributed by atoms with Crippen LogP contribution in [0.3, 0.4) is 0 Å². The first-order valence-electron chi connectivity index (χ1n) is 13.2. The Morgan fingerprint density at radius 1 is 0.821 bits per heavy atom. The van der Waals surface area contributed by atoms with Crippen LogP contribution in [-0.2, 0) is 27.7 Å². The van der Waals surface area contributed by atoms with Gasteiger partial charge in [0.2, 0.25) is 5.91 Å². The van der Waals surface area contributed by atoms with Gasteiger partial charge in [-0.2, -0.15) is 0 Å². The van der Waals surface area contributed by atoms with Gasteiger partial charge in [0.15, 0.2) is 0 Å². The number of benzene rings is 4. The smallest absolute Gasteiger partial charge is 0.264 e. The standard InChI is InChI=1S/C32H32N2O4S/c1-24(26-17-16-25-10-8-9-11-27(25)22-26)33-32(35)23-34(39(36,37)31-14-6-3-7-15-31)28-18-20-30(21-19-28)38-29-12-4-2-5-13-29/h2-7,12-22,24H,8-11,23H2,1H3,(H,33,35)/t24-/m1/s1. The van der Waals surface area contributed by atoms with Crippen LogP contribution >= 0.6 is 0 Å². The number of nitrogens with one attached hydrogen (secondary N) is 1. The molecule has 1 atom stereocenters. The molecule has 0 fully saturated rings. The lowest BCUT2D eigenvalue weighted by atomic mass is 9.89. The molecular weight excluding hydrogens is 508 g/mol. The van der Waals surface area contributed by atoms with E-state index in [1.807, 2.05) is 37.3 Å². The van der Waals surface area contributed by atoms with Gasteiger partial charge in [0, 0.05) is 0 Å². The number of ether oxygens (including phenoxy) is 1. The van der Waals surface area contributed by atoms with Crippen LogP contribution in [0.25, 0.3) is 0 Å². The largest absolute Gasteiger partial charge is 0.457 e. The Morgan fingerprint density at radius 2 is 1.44 bits per heavy atom. The normalized spacial score (nSPS) is 13.7. The second kappa shape index (κ2) is 11.7. The Labute approximate surface area is 230 Å². The van der Waals surface area contributed by atoms with E-state index in [0.717, 1.165) is 22.7 Å². The predicted molar refractivity (Wildman–Crippen MR) is 154 cm³/mol. The molecule has 6 nitrogen and oxygen atoms in total. The van der Waals surface area contributed by atoms with E-state index in [9.17, 15) is 13.2 Å². The van der Waals surface area contributed by atoms with E-state index >= 15 is 0 Å². The number of para-hydroxylation sites is 1. The first-order chi connectivity index (χ1) is 18.9. The Bertz CT molecular complexity index is 1520. The third kappa shape index (κ3) is 6.32. The van der Waals surface area contributed by atoms with Gasteiger partial charge in [0.05, 0.1) is 16.6 Å². The minimum Gasteiger partial charge on any atom is -0.457 e. The molecule has 0 saturated heterocycles. The number of carbonyl (C=O) groups excluding carboxylic acids is 1. The topological polar surface area (TPSA) is 75.7 Å². The van der Waals surface area contributed by atoms with E-state index in [2.05, 4.69) is 23.5 Å². The van der Waals surface area contributed by atoms with Gasteiger partial charge in [0.25, 0.3) is 10.0 Å². The summed E-state index contributed by atoms with van der Waals surface area (Å²) in [5.41, 5.74) is 4.11. The molecule has 39 heavy (non-hydrogen) atoms. The Kier molecular flexibility index (Phi) is 7.98. The first kappa shape index (κ1) is 26.5. The third-order valence-corrected chi connectivity index (χ3v) is 8.76. The van der Waals surface area contributed by atoms with Crippen LogP contribution < -0.4 is 14.4 Å². The van der Waals surface area contributed by atoms with Gasteiger partial charge >= 0.3 is 0 Å². The van der Waals surface area contributed by atoms with E-state index in [1.54, 1.807) is 42.5 Å². The summed E-state index contributed by atoms with van der Waals surface area (Å²) in [6.07, 6.45) is 4.54. The molecule has 1 amide bonds. The first-order valence-corrected chi connectivity index (χ1v) is 14.7. The summed E-state index contributed by atoms with van der Waals surface area (Å²) in [7, 11) is -4.00. The van der Waals surface area contributed by atoms with Crippen molar-refractivity contribution >= 4 is 21.6 Å². The van der Waals surface area contributed by atoms with Crippen LogP contribution in [0.4, 0.5) is 5.69 Å². The fraction of sp³-hybridized carbons (Fsp3) is 0.219. The number of nitrogens with zero attached hydrogens (tertiary/aromatic N) is 1. The molecule has 1 N–H and O–H groups in total. The van der Waals surface area contributed by atoms with E-state index in [4.69, 9.17) is 4.74 Å². The van der Waals surface area contributed by atoms with E-state index < -0.39 is 10.0 Å². The van der Waals surface area contributed by atoms with Crippen LogP contribution in [0.15, 0.2) is 108 Å². The third-order valence-electron chi connectivity index (χ3n) is 6.97. The Hall–Kier alpha value is -4.10. The molecule has 0 aliphatic heterocycles. The van der Waals surface area contributed by atoms with Gasteiger partial charge in [-0.25, -0.2) is 8.42 Å². The molecule has 4 aromatic rings. The molecular formula is C32H32N2O4S. The van der Waals surface area contributed by atoms with Crippen molar-refractivity contribution in [3.63, 3.8) is 0 Å². The summed E-state index contributed by atoms with van der Waals surface area (Å²) in [6, 6.07) is 30.3. The van der Waals surface area contributed by atoms with E-state index in [0.29, 0.717) is 17.2 Å².